The molecule has 1 amide bonds. The Kier molecular flexibility index (Phi) is 3.07. The van der Waals surface area contributed by atoms with Crippen molar-refractivity contribution in [2.24, 2.45) is 0 Å². The van der Waals surface area contributed by atoms with Crippen molar-refractivity contribution in [1.82, 2.24) is 15.2 Å². The molecule has 2 aromatic heterocycles. The van der Waals surface area contributed by atoms with Gasteiger partial charge in [0.15, 0.2) is 5.82 Å². The molecule has 3 N–H and O–H groups in total. The Morgan fingerprint density at radius 2 is 2.05 bits per heavy atom. The number of rotatable bonds is 3. The van der Waals surface area contributed by atoms with Gasteiger partial charge in [0.2, 0.25) is 0 Å². The molecule has 0 unspecified atom stereocenters. The number of amides is 1. The number of nitrogens with zero attached hydrogens (tertiary/aromatic N) is 2. The van der Waals surface area contributed by atoms with Crippen LogP contribution < -0.4 is 5.32 Å². The summed E-state index contributed by atoms with van der Waals surface area (Å²) in [4.78, 5) is 27.2. The summed E-state index contributed by atoms with van der Waals surface area (Å²) >= 11 is 0. The molecule has 0 atom stereocenters. The number of anilines is 1. The van der Waals surface area contributed by atoms with Crippen molar-refractivity contribution in [3.63, 3.8) is 0 Å². The number of carboxylic acid groups (broad SMARTS) is 1. The zero-order valence-electron chi connectivity index (χ0n) is 10.7. The molecule has 7 heteroatoms. The van der Waals surface area contributed by atoms with Crippen LogP contribution in [0.3, 0.4) is 0 Å². The van der Waals surface area contributed by atoms with Gasteiger partial charge in [0, 0.05) is 23.2 Å². The van der Waals surface area contributed by atoms with E-state index in [2.05, 4.69) is 20.5 Å². The number of hydrogen-bond donors (Lipinski definition) is 3. The van der Waals surface area contributed by atoms with Gasteiger partial charge in [0.05, 0.1) is 5.52 Å². The first-order valence-electron chi connectivity index (χ1n) is 6.09. The predicted molar refractivity (Wildman–Crippen MR) is 75.2 cm³/mol. The van der Waals surface area contributed by atoms with E-state index in [4.69, 9.17) is 5.11 Å². The number of pyridine rings is 1. The van der Waals surface area contributed by atoms with E-state index in [-0.39, 0.29) is 17.4 Å². The first-order chi connectivity index (χ1) is 10.1. The van der Waals surface area contributed by atoms with E-state index in [0.29, 0.717) is 16.5 Å². The molecule has 0 bridgehead atoms. The highest BCUT2D eigenvalue weighted by Gasteiger charge is 2.13. The first kappa shape index (κ1) is 12.8. The third-order valence-electron chi connectivity index (χ3n) is 2.94. The number of carbonyl (C=O) groups excluding carboxylic acids is 1. The number of fused-ring (bicyclic) bond motifs is 1. The van der Waals surface area contributed by atoms with Crippen LogP contribution in [-0.4, -0.2) is 32.2 Å². The molecule has 2 heterocycles. The van der Waals surface area contributed by atoms with Crippen LogP contribution in [0.1, 0.15) is 20.8 Å². The molecule has 3 rings (SSSR count). The topological polar surface area (TPSA) is 108 Å². The minimum absolute atomic E-state index is 0.0927. The highest BCUT2D eigenvalue weighted by Crippen LogP contribution is 2.17. The molecule has 0 aliphatic carbocycles. The fourth-order valence-electron chi connectivity index (χ4n) is 1.98. The number of hydrogen-bond acceptors (Lipinski definition) is 4. The maximum atomic E-state index is 12.3. The van der Waals surface area contributed by atoms with Crippen LogP contribution in [0.5, 0.6) is 0 Å². The molecule has 0 aliphatic rings. The molecular formula is C14H10N4O3. The van der Waals surface area contributed by atoms with Crippen molar-refractivity contribution in [2.45, 2.75) is 0 Å². The standard InChI is InChI=1S/C14H10N4O3/c19-13(16-12-7-11(14(20)21)17-18-12)9-3-1-5-10-8(9)4-2-6-15-10/h1-7H,(H,20,21)(H2,16,17,18,19). The van der Waals surface area contributed by atoms with Crippen LogP contribution in [0.25, 0.3) is 10.9 Å². The zero-order chi connectivity index (χ0) is 14.8. The lowest BCUT2D eigenvalue weighted by molar-refractivity contribution is 0.0690. The first-order valence-corrected chi connectivity index (χ1v) is 6.09. The Hall–Kier alpha value is -3.22. The third-order valence-corrected chi connectivity index (χ3v) is 2.94. The van der Waals surface area contributed by atoms with E-state index < -0.39 is 5.97 Å². The quantitative estimate of drug-likeness (QED) is 0.680. The van der Waals surface area contributed by atoms with Gasteiger partial charge in [0.1, 0.15) is 5.69 Å². The van der Waals surface area contributed by atoms with E-state index in [1.165, 1.54) is 6.07 Å². The van der Waals surface area contributed by atoms with Crippen LogP contribution in [0.4, 0.5) is 5.82 Å². The number of aromatic nitrogens is 3. The summed E-state index contributed by atoms with van der Waals surface area (Å²) < 4.78 is 0. The molecule has 21 heavy (non-hydrogen) atoms. The number of carbonyl (C=O) groups is 2. The number of benzene rings is 1. The second-order valence-electron chi connectivity index (χ2n) is 4.30. The van der Waals surface area contributed by atoms with Gasteiger partial charge in [-0.3, -0.25) is 14.9 Å². The summed E-state index contributed by atoms with van der Waals surface area (Å²) in [6, 6.07) is 10.0. The fraction of sp³-hybridized carbons (Fsp3) is 0. The minimum Gasteiger partial charge on any atom is -0.477 e. The summed E-state index contributed by atoms with van der Waals surface area (Å²) in [7, 11) is 0. The Labute approximate surface area is 118 Å². The zero-order valence-corrected chi connectivity index (χ0v) is 10.7. The monoisotopic (exact) mass is 282 g/mol. The highest BCUT2D eigenvalue weighted by atomic mass is 16.4. The summed E-state index contributed by atoms with van der Waals surface area (Å²) in [6.07, 6.45) is 1.65. The van der Waals surface area contributed by atoms with Gasteiger partial charge in [-0.1, -0.05) is 12.1 Å². The van der Waals surface area contributed by atoms with E-state index in [1.54, 1.807) is 30.5 Å². The predicted octanol–water partition coefficient (Wildman–Crippen LogP) is 1.91. The maximum Gasteiger partial charge on any atom is 0.353 e. The second-order valence-corrected chi connectivity index (χ2v) is 4.30. The molecule has 0 saturated heterocycles. The van der Waals surface area contributed by atoms with Crippen molar-refractivity contribution in [3.05, 3.63) is 53.9 Å². The molecule has 0 radical (unpaired) electrons. The van der Waals surface area contributed by atoms with Gasteiger partial charge < -0.3 is 10.4 Å². The lowest BCUT2D eigenvalue weighted by Crippen LogP contribution is -2.12. The average molecular weight is 282 g/mol. The van der Waals surface area contributed by atoms with Crippen LogP contribution in [-0.2, 0) is 0 Å². The van der Waals surface area contributed by atoms with Crippen molar-refractivity contribution in [2.75, 3.05) is 5.32 Å². The molecular weight excluding hydrogens is 272 g/mol. The van der Waals surface area contributed by atoms with Gasteiger partial charge >= 0.3 is 5.97 Å². The smallest absolute Gasteiger partial charge is 0.353 e. The van der Waals surface area contributed by atoms with Gasteiger partial charge in [-0.2, -0.15) is 5.10 Å². The lowest BCUT2D eigenvalue weighted by atomic mass is 10.1. The van der Waals surface area contributed by atoms with Crippen molar-refractivity contribution in [1.29, 1.82) is 0 Å². The third kappa shape index (κ3) is 2.44. The molecule has 0 fully saturated rings. The molecule has 7 nitrogen and oxygen atoms in total. The van der Waals surface area contributed by atoms with Crippen molar-refractivity contribution < 1.29 is 14.7 Å². The molecule has 3 aromatic rings. The largest absolute Gasteiger partial charge is 0.477 e. The van der Waals surface area contributed by atoms with Gasteiger partial charge in [0.25, 0.3) is 5.91 Å². The van der Waals surface area contributed by atoms with Gasteiger partial charge in [-0.25, -0.2) is 4.79 Å². The normalized spacial score (nSPS) is 10.5. The van der Waals surface area contributed by atoms with E-state index in [9.17, 15) is 9.59 Å². The number of H-pyrrole nitrogens is 1. The highest BCUT2D eigenvalue weighted by molar-refractivity contribution is 6.12. The molecule has 1 aromatic carbocycles. The van der Waals surface area contributed by atoms with Crippen LogP contribution >= 0.6 is 0 Å². The summed E-state index contributed by atoms with van der Waals surface area (Å²) in [6.45, 7) is 0. The van der Waals surface area contributed by atoms with Crippen molar-refractivity contribution in [3.8, 4) is 0 Å². The Bertz CT molecular complexity index is 836. The van der Waals surface area contributed by atoms with E-state index >= 15 is 0 Å². The number of aromatic amines is 1. The van der Waals surface area contributed by atoms with E-state index in [1.807, 2.05) is 6.07 Å². The van der Waals surface area contributed by atoms with Gasteiger partial charge in [-0.05, 0) is 18.2 Å². The molecule has 0 aliphatic heterocycles. The minimum atomic E-state index is -1.14. The van der Waals surface area contributed by atoms with Crippen molar-refractivity contribution >= 4 is 28.6 Å². The van der Waals surface area contributed by atoms with Crippen LogP contribution in [0, 0.1) is 0 Å². The summed E-state index contributed by atoms with van der Waals surface area (Å²) in [5.41, 5.74) is 1.06. The number of nitrogens with one attached hydrogen (secondary N) is 2. The SMILES string of the molecule is O=C(O)c1cc(NC(=O)c2cccc3ncccc23)n[nH]1. The second kappa shape index (κ2) is 5.04. The van der Waals surface area contributed by atoms with Gasteiger partial charge in [-0.15, -0.1) is 0 Å². The summed E-state index contributed by atoms with van der Waals surface area (Å²) in [5.74, 6) is -1.37. The molecule has 0 saturated carbocycles. The average Bonchev–Trinajstić information content (AvgIpc) is 2.95. The maximum absolute atomic E-state index is 12.3. The van der Waals surface area contributed by atoms with E-state index in [0.717, 1.165) is 0 Å². The fourth-order valence-corrected chi connectivity index (χ4v) is 1.98. The Morgan fingerprint density at radius 1 is 1.19 bits per heavy atom. The number of aromatic carboxylic acids is 1. The molecule has 104 valence electrons. The molecule has 0 spiro atoms. The summed E-state index contributed by atoms with van der Waals surface area (Å²) in [5, 5.41) is 18.1. The lowest BCUT2D eigenvalue weighted by Gasteiger charge is -2.05. The Morgan fingerprint density at radius 3 is 2.81 bits per heavy atom. The van der Waals surface area contributed by atoms with Crippen LogP contribution in [0.2, 0.25) is 0 Å². The van der Waals surface area contributed by atoms with Crippen LogP contribution in [0.15, 0.2) is 42.6 Å². The Balaban J connectivity index is 1.91. The number of carboxylic acids is 1.